The molecule has 1 saturated heterocycles. The molecule has 1 fully saturated rings. The molecule has 2 aliphatic heterocycles. The van der Waals surface area contributed by atoms with Crippen molar-refractivity contribution in [3.05, 3.63) is 29.3 Å². The maximum atomic E-state index is 12.6. The topological polar surface area (TPSA) is 29.5 Å². The Morgan fingerprint density at radius 2 is 2.32 bits per heavy atom. The van der Waals surface area contributed by atoms with Crippen molar-refractivity contribution in [2.45, 2.75) is 45.1 Å². The normalized spacial score (nSPS) is 22.4. The summed E-state index contributed by atoms with van der Waals surface area (Å²) < 4.78 is 5.57. The highest BCUT2D eigenvalue weighted by atomic mass is 16.5. The predicted octanol–water partition coefficient (Wildman–Crippen LogP) is 2.71. The van der Waals surface area contributed by atoms with Crippen molar-refractivity contribution in [2.24, 2.45) is 0 Å². The number of aryl methyl sites for hydroxylation is 2. The predicted molar refractivity (Wildman–Crippen MR) is 75.5 cm³/mol. The molecule has 0 bridgehead atoms. The Hall–Kier alpha value is -1.35. The van der Waals surface area contributed by atoms with E-state index in [9.17, 15) is 4.79 Å². The standard InChI is InChI=1S/C16H21NO2/c1-2-12-6-3-7-13-8-4-10-17(15(12)13)16(18)14-9-5-11-19-14/h3,6-7,14H,2,4-5,8-11H2,1H3. The Bertz CT molecular complexity index is 463. The van der Waals surface area contributed by atoms with Gasteiger partial charge >= 0.3 is 0 Å². The molecule has 0 aromatic heterocycles. The number of benzene rings is 1. The van der Waals surface area contributed by atoms with E-state index in [-0.39, 0.29) is 12.0 Å². The summed E-state index contributed by atoms with van der Waals surface area (Å²) in [6.45, 7) is 3.72. The first kappa shape index (κ1) is 12.7. The number of carbonyl (C=O) groups is 1. The summed E-state index contributed by atoms with van der Waals surface area (Å²) in [5, 5.41) is 0. The zero-order valence-corrected chi connectivity index (χ0v) is 11.5. The van der Waals surface area contributed by atoms with Gasteiger partial charge < -0.3 is 9.64 Å². The second-order valence-corrected chi connectivity index (χ2v) is 5.37. The van der Waals surface area contributed by atoms with Crippen molar-refractivity contribution in [1.82, 2.24) is 0 Å². The molecule has 1 atom stereocenters. The number of rotatable bonds is 2. The van der Waals surface area contributed by atoms with Crippen LogP contribution in [0.5, 0.6) is 0 Å². The summed E-state index contributed by atoms with van der Waals surface area (Å²) in [4.78, 5) is 14.6. The largest absolute Gasteiger partial charge is 0.368 e. The molecule has 0 radical (unpaired) electrons. The zero-order valence-electron chi connectivity index (χ0n) is 11.5. The third kappa shape index (κ3) is 2.27. The van der Waals surface area contributed by atoms with Gasteiger partial charge in [0.1, 0.15) is 6.10 Å². The number of carbonyl (C=O) groups excluding carboxylic acids is 1. The van der Waals surface area contributed by atoms with Crippen LogP contribution in [-0.2, 0) is 22.4 Å². The van der Waals surface area contributed by atoms with Gasteiger partial charge in [-0.15, -0.1) is 0 Å². The molecule has 1 aromatic rings. The molecule has 0 saturated carbocycles. The Morgan fingerprint density at radius 1 is 1.42 bits per heavy atom. The summed E-state index contributed by atoms with van der Waals surface area (Å²) in [5.41, 5.74) is 3.76. The molecule has 3 rings (SSSR count). The van der Waals surface area contributed by atoms with Crippen LogP contribution in [0, 0.1) is 0 Å². The molecule has 19 heavy (non-hydrogen) atoms. The van der Waals surface area contributed by atoms with Crippen LogP contribution in [0.1, 0.15) is 37.3 Å². The number of para-hydroxylation sites is 1. The number of amides is 1. The van der Waals surface area contributed by atoms with Crippen LogP contribution >= 0.6 is 0 Å². The highest BCUT2D eigenvalue weighted by Gasteiger charge is 2.32. The highest BCUT2D eigenvalue weighted by Crippen LogP contribution is 2.32. The average molecular weight is 259 g/mol. The van der Waals surface area contributed by atoms with Crippen molar-refractivity contribution in [3.8, 4) is 0 Å². The minimum Gasteiger partial charge on any atom is -0.368 e. The molecule has 2 aliphatic rings. The average Bonchev–Trinajstić information content (AvgIpc) is 2.99. The van der Waals surface area contributed by atoms with Crippen molar-refractivity contribution in [3.63, 3.8) is 0 Å². The molecule has 102 valence electrons. The van der Waals surface area contributed by atoms with Gasteiger partial charge in [-0.25, -0.2) is 0 Å². The summed E-state index contributed by atoms with van der Waals surface area (Å²) in [5.74, 6) is 0.166. The number of hydrogen-bond donors (Lipinski definition) is 0. The number of anilines is 1. The minimum atomic E-state index is -0.212. The first-order chi connectivity index (χ1) is 9.31. The molecule has 0 N–H and O–H groups in total. The van der Waals surface area contributed by atoms with Crippen molar-refractivity contribution >= 4 is 11.6 Å². The molecule has 1 unspecified atom stereocenters. The van der Waals surface area contributed by atoms with Crippen LogP contribution in [0.15, 0.2) is 18.2 Å². The lowest BCUT2D eigenvalue weighted by atomic mass is 9.96. The van der Waals surface area contributed by atoms with E-state index < -0.39 is 0 Å². The van der Waals surface area contributed by atoms with Gasteiger partial charge in [0.15, 0.2) is 0 Å². The molecular formula is C16H21NO2. The number of nitrogens with zero attached hydrogens (tertiary/aromatic N) is 1. The van der Waals surface area contributed by atoms with E-state index >= 15 is 0 Å². The SMILES string of the molecule is CCc1cccc2c1N(C(=O)C1CCCO1)CCC2. The third-order valence-corrected chi connectivity index (χ3v) is 4.15. The van der Waals surface area contributed by atoms with E-state index in [1.165, 1.54) is 11.1 Å². The van der Waals surface area contributed by atoms with Gasteiger partial charge in [0.25, 0.3) is 5.91 Å². The number of ether oxygens (including phenoxy) is 1. The fraction of sp³-hybridized carbons (Fsp3) is 0.562. The lowest BCUT2D eigenvalue weighted by molar-refractivity contribution is -0.127. The van der Waals surface area contributed by atoms with Gasteiger partial charge in [-0.3, -0.25) is 4.79 Å². The lowest BCUT2D eigenvalue weighted by Crippen LogP contribution is -2.42. The first-order valence-corrected chi connectivity index (χ1v) is 7.35. The second-order valence-electron chi connectivity index (χ2n) is 5.37. The molecule has 0 spiro atoms. The molecular weight excluding hydrogens is 238 g/mol. The fourth-order valence-electron chi connectivity index (χ4n) is 3.18. The molecule has 2 heterocycles. The van der Waals surface area contributed by atoms with Gasteiger partial charge in [-0.1, -0.05) is 25.1 Å². The third-order valence-electron chi connectivity index (χ3n) is 4.15. The first-order valence-electron chi connectivity index (χ1n) is 7.35. The van der Waals surface area contributed by atoms with Gasteiger partial charge in [-0.2, -0.15) is 0 Å². The molecule has 3 nitrogen and oxygen atoms in total. The Morgan fingerprint density at radius 3 is 3.05 bits per heavy atom. The van der Waals surface area contributed by atoms with Gasteiger partial charge in [0.2, 0.25) is 0 Å². The zero-order chi connectivity index (χ0) is 13.2. The van der Waals surface area contributed by atoms with E-state index in [0.717, 1.165) is 50.9 Å². The van der Waals surface area contributed by atoms with Crippen LogP contribution in [0.2, 0.25) is 0 Å². The summed E-state index contributed by atoms with van der Waals surface area (Å²) in [6.07, 6.45) is 4.78. The van der Waals surface area contributed by atoms with E-state index in [2.05, 4.69) is 25.1 Å². The molecule has 0 aliphatic carbocycles. The minimum absolute atomic E-state index is 0.166. The van der Waals surface area contributed by atoms with Crippen LogP contribution in [0.25, 0.3) is 0 Å². The molecule has 1 amide bonds. The maximum absolute atomic E-state index is 12.6. The lowest BCUT2D eigenvalue weighted by Gasteiger charge is -2.33. The molecule has 1 aromatic carbocycles. The Balaban J connectivity index is 1.94. The highest BCUT2D eigenvalue weighted by molar-refractivity contribution is 5.98. The quantitative estimate of drug-likeness (QED) is 0.817. The van der Waals surface area contributed by atoms with Crippen LogP contribution in [0.4, 0.5) is 5.69 Å². The van der Waals surface area contributed by atoms with E-state index in [4.69, 9.17) is 4.74 Å². The smallest absolute Gasteiger partial charge is 0.256 e. The van der Waals surface area contributed by atoms with E-state index in [1.807, 2.05) is 4.90 Å². The Kier molecular flexibility index (Phi) is 3.56. The molecule has 3 heteroatoms. The van der Waals surface area contributed by atoms with Crippen molar-refractivity contribution < 1.29 is 9.53 Å². The van der Waals surface area contributed by atoms with Crippen LogP contribution < -0.4 is 4.90 Å². The Labute approximate surface area is 114 Å². The fourth-order valence-corrected chi connectivity index (χ4v) is 3.18. The van der Waals surface area contributed by atoms with Gasteiger partial charge in [0.05, 0.1) is 5.69 Å². The van der Waals surface area contributed by atoms with Crippen molar-refractivity contribution in [1.29, 1.82) is 0 Å². The number of hydrogen-bond acceptors (Lipinski definition) is 2. The summed E-state index contributed by atoms with van der Waals surface area (Å²) >= 11 is 0. The van der Waals surface area contributed by atoms with Crippen LogP contribution in [-0.4, -0.2) is 25.2 Å². The number of fused-ring (bicyclic) bond motifs is 1. The summed E-state index contributed by atoms with van der Waals surface area (Å²) in [7, 11) is 0. The van der Waals surface area contributed by atoms with Crippen LogP contribution in [0.3, 0.4) is 0 Å². The monoisotopic (exact) mass is 259 g/mol. The van der Waals surface area contributed by atoms with Crippen molar-refractivity contribution in [2.75, 3.05) is 18.1 Å². The van der Waals surface area contributed by atoms with E-state index in [0.29, 0.717) is 0 Å². The van der Waals surface area contributed by atoms with Gasteiger partial charge in [-0.05, 0) is 43.2 Å². The maximum Gasteiger partial charge on any atom is 0.256 e. The van der Waals surface area contributed by atoms with Gasteiger partial charge in [0, 0.05) is 13.2 Å². The second kappa shape index (κ2) is 5.33. The van der Waals surface area contributed by atoms with E-state index in [1.54, 1.807) is 0 Å². The summed E-state index contributed by atoms with van der Waals surface area (Å²) in [6, 6.07) is 6.40.